The van der Waals surface area contributed by atoms with E-state index in [1.165, 1.54) is 31.4 Å². The first kappa shape index (κ1) is 33.2. The van der Waals surface area contributed by atoms with Crippen molar-refractivity contribution in [1.82, 2.24) is 14.9 Å². The molecule has 0 radical (unpaired) electrons. The lowest BCUT2D eigenvalue weighted by atomic mass is 9.79. The zero-order valence-electron chi connectivity index (χ0n) is 26.8. The first-order valence-electron chi connectivity index (χ1n) is 16.8. The SMILES string of the molecule is CCCCOc1ccc(C[C@H](NC(=O)C2CCC(CCCC)CC2)c2nc(-c3ccc([N+](=O)[O-])cc3)cn2CCCC)cc1. The van der Waals surface area contributed by atoms with E-state index in [1.807, 2.05) is 18.3 Å². The van der Waals surface area contributed by atoms with Gasteiger partial charge in [0.1, 0.15) is 11.6 Å². The second kappa shape index (κ2) is 17.0. The summed E-state index contributed by atoms with van der Waals surface area (Å²) in [6.07, 6.45) is 14.6. The van der Waals surface area contributed by atoms with Crippen LogP contribution in [-0.4, -0.2) is 27.0 Å². The van der Waals surface area contributed by atoms with Crippen molar-refractivity contribution in [2.45, 2.75) is 110 Å². The Bertz CT molecular complexity index is 1310. The molecule has 1 aliphatic carbocycles. The zero-order valence-corrected chi connectivity index (χ0v) is 26.8. The van der Waals surface area contributed by atoms with Gasteiger partial charge in [0.05, 0.1) is 23.3 Å². The number of aromatic nitrogens is 2. The smallest absolute Gasteiger partial charge is 0.269 e. The molecule has 1 heterocycles. The van der Waals surface area contributed by atoms with Gasteiger partial charge >= 0.3 is 0 Å². The van der Waals surface area contributed by atoms with Crippen LogP contribution in [0.25, 0.3) is 11.3 Å². The molecule has 0 saturated heterocycles. The van der Waals surface area contributed by atoms with Crippen molar-refractivity contribution < 1.29 is 14.5 Å². The number of benzene rings is 2. The van der Waals surface area contributed by atoms with Gasteiger partial charge in [-0.1, -0.05) is 65.0 Å². The molecule has 1 aromatic heterocycles. The van der Waals surface area contributed by atoms with Crippen LogP contribution in [0.4, 0.5) is 5.69 Å². The van der Waals surface area contributed by atoms with Crippen LogP contribution in [0.15, 0.2) is 54.7 Å². The van der Waals surface area contributed by atoms with E-state index < -0.39 is 4.92 Å². The molecule has 8 heteroatoms. The Morgan fingerprint density at radius 3 is 2.30 bits per heavy atom. The number of amides is 1. The number of hydrogen-bond donors (Lipinski definition) is 1. The Morgan fingerprint density at radius 1 is 0.977 bits per heavy atom. The number of rotatable bonds is 17. The molecule has 0 unspecified atom stereocenters. The maximum absolute atomic E-state index is 13.8. The number of carbonyl (C=O) groups excluding carboxylic acids is 1. The van der Waals surface area contributed by atoms with E-state index in [4.69, 9.17) is 9.72 Å². The molecular weight excluding hydrogens is 552 g/mol. The number of aryl methyl sites for hydroxylation is 1. The summed E-state index contributed by atoms with van der Waals surface area (Å²) in [7, 11) is 0. The Balaban J connectivity index is 1.59. The first-order valence-corrected chi connectivity index (χ1v) is 16.8. The minimum atomic E-state index is -0.391. The van der Waals surface area contributed by atoms with Crippen molar-refractivity contribution in [3.05, 3.63) is 76.2 Å². The highest BCUT2D eigenvalue weighted by atomic mass is 16.6. The average molecular weight is 603 g/mol. The Labute approximate surface area is 262 Å². The summed E-state index contributed by atoms with van der Waals surface area (Å²) in [6, 6.07) is 14.4. The number of nitro benzene ring substituents is 1. The van der Waals surface area contributed by atoms with Gasteiger partial charge in [-0.25, -0.2) is 4.98 Å². The lowest BCUT2D eigenvalue weighted by Crippen LogP contribution is -2.37. The molecule has 44 heavy (non-hydrogen) atoms. The molecule has 1 saturated carbocycles. The summed E-state index contributed by atoms with van der Waals surface area (Å²) in [5, 5.41) is 14.6. The number of ether oxygens (including phenoxy) is 1. The molecule has 1 N–H and O–H groups in total. The quantitative estimate of drug-likeness (QED) is 0.0945. The standard InChI is InChI=1S/C36H50N4O4/c1-4-7-10-27-11-15-30(16-12-27)36(41)38-33(25-28-13-21-32(22-14-28)44-24-9-6-3)35-37-34(26-39(35)23-8-5-2)29-17-19-31(20-18-29)40(42)43/h13-14,17-22,26-27,30,33H,4-12,15-16,23-25H2,1-3H3,(H,38,41)/t27?,30?,33-/m0/s1. The second-order valence-electron chi connectivity index (χ2n) is 12.3. The van der Waals surface area contributed by atoms with Gasteiger partial charge < -0.3 is 14.6 Å². The summed E-state index contributed by atoms with van der Waals surface area (Å²) < 4.78 is 8.04. The summed E-state index contributed by atoms with van der Waals surface area (Å²) in [6.45, 7) is 8.04. The zero-order chi connectivity index (χ0) is 31.3. The maximum Gasteiger partial charge on any atom is 0.269 e. The molecular formula is C36H50N4O4. The van der Waals surface area contributed by atoms with Crippen molar-refractivity contribution >= 4 is 11.6 Å². The fraction of sp³-hybridized carbons (Fsp3) is 0.556. The molecule has 1 amide bonds. The summed E-state index contributed by atoms with van der Waals surface area (Å²) in [5.74, 6) is 2.56. The molecule has 8 nitrogen and oxygen atoms in total. The summed E-state index contributed by atoms with van der Waals surface area (Å²) in [5.41, 5.74) is 2.72. The third-order valence-corrected chi connectivity index (χ3v) is 8.88. The summed E-state index contributed by atoms with van der Waals surface area (Å²) >= 11 is 0. The maximum atomic E-state index is 13.8. The third kappa shape index (κ3) is 9.41. The van der Waals surface area contributed by atoms with Gasteiger partial charge in [-0.05, 0) is 80.7 Å². The van der Waals surface area contributed by atoms with E-state index in [1.54, 1.807) is 12.1 Å². The number of unbranched alkanes of at least 4 members (excludes halogenated alkanes) is 3. The minimum absolute atomic E-state index is 0.0258. The van der Waals surface area contributed by atoms with Crippen LogP contribution in [0.2, 0.25) is 0 Å². The second-order valence-corrected chi connectivity index (χ2v) is 12.3. The van der Waals surface area contributed by atoms with Crippen molar-refractivity contribution in [1.29, 1.82) is 0 Å². The Kier molecular flexibility index (Phi) is 12.8. The minimum Gasteiger partial charge on any atom is -0.494 e. The predicted octanol–water partition coefficient (Wildman–Crippen LogP) is 8.83. The van der Waals surface area contributed by atoms with Gasteiger partial charge in [-0.3, -0.25) is 14.9 Å². The fourth-order valence-electron chi connectivity index (χ4n) is 6.10. The molecule has 1 aliphatic rings. The van der Waals surface area contributed by atoms with Crippen LogP contribution in [0.1, 0.15) is 109 Å². The van der Waals surface area contributed by atoms with Crippen LogP contribution >= 0.6 is 0 Å². The van der Waals surface area contributed by atoms with E-state index in [0.29, 0.717) is 13.0 Å². The Morgan fingerprint density at radius 2 is 1.66 bits per heavy atom. The van der Waals surface area contributed by atoms with Crippen LogP contribution < -0.4 is 10.1 Å². The van der Waals surface area contributed by atoms with Crippen molar-refractivity contribution in [2.75, 3.05) is 6.61 Å². The largest absolute Gasteiger partial charge is 0.494 e. The number of imidazole rings is 1. The molecule has 4 rings (SSSR count). The molecule has 1 fully saturated rings. The van der Waals surface area contributed by atoms with Crippen molar-refractivity contribution in [3.63, 3.8) is 0 Å². The topological polar surface area (TPSA) is 99.3 Å². The molecule has 3 aromatic rings. The van der Waals surface area contributed by atoms with Gasteiger partial charge in [-0.2, -0.15) is 0 Å². The van der Waals surface area contributed by atoms with Crippen LogP contribution in [0.5, 0.6) is 5.75 Å². The van der Waals surface area contributed by atoms with E-state index in [0.717, 1.165) is 92.2 Å². The highest BCUT2D eigenvalue weighted by molar-refractivity contribution is 5.79. The fourth-order valence-corrected chi connectivity index (χ4v) is 6.10. The number of nitrogens with zero attached hydrogens (tertiary/aromatic N) is 3. The predicted molar refractivity (Wildman–Crippen MR) is 176 cm³/mol. The summed E-state index contributed by atoms with van der Waals surface area (Å²) in [4.78, 5) is 29.7. The van der Waals surface area contributed by atoms with E-state index in [2.05, 4.69) is 42.8 Å². The van der Waals surface area contributed by atoms with Crippen LogP contribution in [-0.2, 0) is 17.8 Å². The first-order chi connectivity index (χ1) is 21.4. The highest BCUT2D eigenvalue weighted by Crippen LogP contribution is 2.33. The van der Waals surface area contributed by atoms with Crippen LogP contribution in [0, 0.1) is 22.0 Å². The number of nitrogens with one attached hydrogen (secondary N) is 1. The van der Waals surface area contributed by atoms with Gasteiger partial charge in [0.25, 0.3) is 5.69 Å². The molecule has 238 valence electrons. The van der Waals surface area contributed by atoms with Gasteiger partial charge in [0, 0.05) is 36.4 Å². The normalized spacial score (nSPS) is 17.2. The van der Waals surface area contributed by atoms with E-state index >= 15 is 0 Å². The lowest BCUT2D eigenvalue weighted by molar-refractivity contribution is -0.384. The average Bonchev–Trinajstić information content (AvgIpc) is 3.47. The van der Waals surface area contributed by atoms with Gasteiger partial charge in [0.15, 0.2) is 0 Å². The van der Waals surface area contributed by atoms with E-state index in [-0.39, 0.29) is 23.6 Å². The van der Waals surface area contributed by atoms with E-state index in [9.17, 15) is 14.9 Å². The highest BCUT2D eigenvalue weighted by Gasteiger charge is 2.29. The van der Waals surface area contributed by atoms with Gasteiger partial charge in [-0.15, -0.1) is 0 Å². The number of carbonyl (C=O) groups is 1. The van der Waals surface area contributed by atoms with Gasteiger partial charge in [0.2, 0.25) is 5.91 Å². The monoisotopic (exact) mass is 602 g/mol. The molecule has 0 spiro atoms. The lowest BCUT2D eigenvalue weighted by Gasteiger charge is -2.29. The van der Waals surface area contributed by atoms with Crippen LogP contribution in [0.3, 0.4) is 0 Å². The number of nitro groups is 1. The van der Waals surface area contributed by atoms with Crippen molar-refractivity contribution in [2.24, 2.45) is 11.8 Å². The molecule has 1 atom stereocenters. The number of hydrogen-bond acceptors (Lipinski definition) is 5. The molecule has 2 aromatic carbocycles. The Hall–Kier alpha value is -3.68. The van der Waals surface area contributed by atoms with Crippen molar-refractivity contribution in [3.8, 4) is 17.0 Å². The molecule has 0 bridgehead atoms. The third-order valence-electron chi connectivity index (χ3n) is 8.88. The molecule has 0 aliphatic heterocycles. The number of non-ortho nitro benzene ring substituents is 1.